The second-order valence-electron chi connectivity index (χ2n) is 5.62. The maximum absolute atomic E-state index is 5.95. The van der Waals surface area contributed by atoms with Gasteiger partial charge in [-0.05, 0) is 37.0 Å². The molecule has 1 atom stereocenters. The number of ether oxygens (including phenoxy) is 1. The van der Waals surface area contributed by atoms with E-state index in [1.54, 1.807) is 0 Å². The van der Waals surface area contributed by atoms with Crippen molar-refractivity contribution in [3.8, 4) is 0 Å². The van der Waals surface area contributed by atoms with Crippen molar-refractivity contribution in [2.45, 2.75) is 57.6 Å². The van der Waals surface area contributed by atoms with E-state index in [4.69, 9.17) is 16.3 Å². The van der Waals surface area contributed by atoms with Gasteiger partial charge in [0, 0.05) is 17.6 Å². The van der Waals surface area contributed by atoms with Crippen LogP contribution in [0, 0.1) is 0 Å². The zero-order valence-electron chi connectivity index (χ0n) is 12.4. The summed E-state index contributed by atoms with van der Waals surface area (Å²) in [5, 5.41) is 4.41. The lowest BCUT2D eigenvalue weighted by molar-refractivity contribution is 0.0589. The van der Waals surface area contributed by atoms with Crippen molar-refractivity contribution < 1.29 is 4.74 Å². The third-order valence-electron chi connectivity index (χ3n) is 4.00. The minimum Gasteiger partial charge on any atom is -0.377 e. The second kappa shape index (κ2) is 8.66. The molecule has 0 aromatic heterocycles. The summed E-state index contributed by atoms with van der Waals surface area (Å²) in [6.45, 7) is 3.96. The van der Waals surface area contributed by atoms with Crippen LogP contribution < -0.4 is 5.32 Å². The molecular weight excluding hydrogens is 270 g/mol. The second-order valence-corrected chi connectivity index (χ2v) is 6.06. The van der Waals surface area contributed by atoms with Crippen LogP contribution in [0.5, 0.6) is 0 Å². The number of benzene rings is 1. The van der Waals surface area contributed by atoms with Gasteiger partial charge < -0.3 is 10.1 Å². The summed E-state index contributed by atoms with van der Waals surface area (Å²) in [6.07, 6.45) is 7.99. The highest BCUT2D eigenvalue weighted by atomic mass is 35.5. The maximum atomic E-state index is 5.95. The van der Waals surface area contributed by atoms with E-state index in [2.05, 4.69) is 24.4 Å². The molecule has 1 fully saturated rings. The van der Waals surface area contributed by atoms with Crippen molar-refractivity contribution in [3.63, 3.8) is 0 Å². The van der Waals surface area contributed by atoms with Crippen LogP contribution in [0.3, 0.4) is 0 Å². The molecule has 1 saturated carbocycles. The summed E-state index contributed by atoms with van der Waals surface area (Å²) in [6, 6.07) is 8.58. The van der Waals surface area contributed by atoms with E-state index < -0.39 is 0 Å². The number of halogens is 1. The molecule has 1 aromatic rings. The standard InChI is InChI=1S/C17H26ClNO/c1-2-5-17(14-8-10-15(18)11-9-14)19-12-13-20-16-6-3-4-7-16/h8-11,16-17,19H,2-7,12-13H2,1H3. The largest absolute Gasteiger partial charge is 0.377 e. The molecule has 1 N–H and O–H groups in total. The predicted molar refractivity (Wildman–Crippen MR) is 85.3 cm³/mol. The molecule has 3 heteroatoms. The molecule has 2 rings (SSSR count). The Kier molecular flexibility index (Phi) is 6.85. The van der Waals surface area contributed by atoms with Gasteiger partial charge >= 0.3 is 0 Å². The molecule has 20 heavy (non-hydrogen) atoms. The Morgan fingerprint density at radius 2 is 1.95 bits per heavy atom. The van der Waals surface area contributed by atoms with E-state index in [-0.39, 0.29) is 0 Å². The Morgan fingerprint density at radius 1 is 1.25 bits per heavy atom. The van der Waals surface area contributed by atoms with Crippen molar-refractivity contribution in [2.24, 2.45) is 0 Å². The SMILES string of the molecule is CCCC(NCCOC1CCCC1)c1ccc(Cl)cc1. The number of rotatable bonds is 8. The summed E-state index contributed by atoms with van der Waals surface area (Å²) >= 11 is 5.95. The molecule has 1 aromatic carbocycles. The third-order valence-corrected chi connectivity index (χ3v) is 4.25. The Labute approximate surface area is 127 Å². The summed E-state index contributed by atoms with van der Waals surface area (Å²) in [4.78, 5) is 0. The molecule has 0 radical (unpaired) electrons. The van der Waals surface area contributed by atoms with E-state index in [0.29, 0.717) is 12.1 Å². The molecule has 0 spiro atoms. The number of nitrogens with one attached hydrogen (secondary N) is 1. The lowest BCUT2D eigenvalue weighted by Crippen LogP contribution is -2.26. The fraction of sp³-hybridized carbons (Fsp3) is 0.647. The van der Waals surface area contributed by atoms with Gasteiger partial charge in [-0.1, -0.05) is 49.9 Å². The van der Waals surface area contributed by atoms with Crippen LogP contribution in [0.25, 0.3) is 0 Å². The van der Waals surface area contributed by atoms with Crippen molar-refractivity contribution in [1.29, 1.82) is 0 Å². The molecule has 0 aliphatic heterocycles. The van der Waals surface area contributed by atoms with Crippen LogP contribution in [0.4, 0.5) is 0 Å². The van der Waals surface area contributed by atoms with Crippen LogP contribution in [0.1, 0.15) is 57.1 Å². The first-order chi connectivity index (χ1) is 9.79. The lowest BCUT2D eigenvalue weighted by Gasteiger charge is -2.19. The molecule has 112 valence electrons. The smallest absolute Gasteiger partial charge is 0.0594 e. The summed E-state index contributed by atoms with van der Waals surface area (Å²) in [5.74, 6) is 0. The quantitative estimate of drug-likeness (QED) is 0.700. The minimum atomic E-state index is 0.407. The highest BCUT2D eigenvalue weighted by Crippen LogP contribution is 2.22. The fourth-order valence-electron chi connectivity index (χ4n) is 2.88. The van der Waals surface area contributed by atoms with E-state index in [9.17, 15) is 0 Å². The molecule has 0 bridgehead atoms. The summed E-state index contributed by atoms with van der Waals surface area (Å²) < 4.78 is 5.90. The van der Waals surface area contributed by atoms with Crippen LogP contribution in [-0.2, 0) is 4.74 Å². The zero-order chi connectivity index (χ0) is 14.2. The van der Waals surface area contributed by atoms with Gasteiger partial charge in [-0.25, -0.2) is 0 Å². The molecule has 1 aliphatic carbocycles. The molecular formula is C17H26ClNO. The van der Waals surface area contributed by atoms with Gasteiger partial charge in [0.2, 0.25) is 0 Å². The Morgan fingerprint density at radius 3 is 2.60 bits per heavy atom. The topological polar surface area (TPSA) is 21.3 Å². The summed E-state index contributed by atoms with van der Waals surface area (Å²) in [5.41, 5.74) is 1.32. The normalized spacial score (nSPS) is 17.5. The van der Waals surface area contributed by atoms with Gasteiger partial charge in [-0.3, -0.25) is 0 Å². The minimum absolute atomic E-state index is 0.407. The van der Waals surface area contributed by atoms with Crippen molar-refractivity contribution in [2.75, 3.05) is 13.2 Å². The molecule has 1 unspecified atom stereocenters. The van der Waals surface area contributed by atoms with Crippen molar-refractivity contribution in [1.82, 2.24) is 5.32 Å². The van der Waals surface area contributed by atoms with Crippen molar-refractivity contribution in [3.05, 3.63) is 34.9 Å². The Balaban J connectivity index is 1.75. The van der Waals surface area contributed by atoms with Gasteiger partial charge in [-0.15, -0.1) is 0 Å². The van der Waals surface area contributed by atoms with E-state index in [1.165, 1.54) is 37.7 Å². The van der Waals surface area contributed by atoms with Crippen LogP contribution >= 0.6 is 11.6 Å². The maximum Gasteiger partial charge on any atom is 0.0594 e. The first-order valence-corrected chi connectivity index (χ1v) is 8.28. The van der Waals surface area contributed by atoms with Gasteiger partial charge in [-0.2, -0.15) is 0 Å². The predicted octanol–water partition coefficient (Wildman–Crippen LogP) is 4.73. The van der Waals surface area contributed by atoms with Crippen LogP contribution in [-0.4, -0.2) is 19.3 Å². The molecule has 0 saturated heterocycles. The molecule has 0 heterocycles. The fourth-order valence-corrected chi connectivity index (χ4v) is 3.01. The number of hydrogen-bond donors (Lipinski definition) is 1. The van der Waals surface area contributed by atoms with Gasteiger partial charge in [0.15, 0.2) is 0 Å². The van der Waals surface area contributed by atoms with Crippen molar-refractivity contribution >= 4 is 11.6 Å². The first kappa shape index (κ1) is 15.8. The lowest BCUT2D eigenvalue weighted by atomic mass is 10.0. The zero-order valence-corrected chi connectivity index (χ0v) is 13.2. The monoisotopic (exact) mass is 295 g/mol. The summed E-state index contributed by atoms with van der Waals surface area (Å²) in [7, 11) is 0. The van der Waals surface area contributed by atoms with Crippen LogP contribution in [0.15, 0.2) is 24.3 Å². The highest BCUT2D eigenvalue weighted by Gasteiger charge is 2.15. The Bertz CT molecular complexity index is 373. The number of hydrogen-bond acceptors (Lipinski definition) is 2. The average molecular weight is 296 g/mol. The molecule has 2 nitrogen and oxygen atoms in total. The van der Waals surface area contributed by atoms with Crippen LogP contribution in [0.2, 0.25) is 5.02 Å². The Hall–Kier alpha value is -0.570. The highest BCUT2D eigenvalue weighted by molar-refractivity contribution is 6.30. The van der Waals surface area contributed by atoms with E-state index in [0.717, 1.165) is 24.6 Å². The first-order valence-electron chi connectivity index (χ1n) is 7.90. The van der Waals surface area contributed by atoms with Gasteiger partial charge in [0.25, 0.3) is 0 Å². The van der Waals surface area contributed by atoms with E-state index >= 15 is 0 Å². The molecule has 1 aliphatic rings. The van der Waals surface area contributed by atoms with Gasteiger partial charge in [0.05, 0.1) is 12.7 Å². The molecule has 0 amide bonds. The third kappa shape index (κ3) is 5.08. The average Bonchev–Trinajstić information content (AvgIpc) is 2.96. The van der Waals surface area contributed by atoms with Gasteiger partial charge in [0.1, 0.15) is 0 Å². The van der Waals surface area contributed by atoms with E-state index in [1.807, 2.05) is 12.1 Å².